The fourth-order valence-corrected chi connectivity index (χ4v) is 2.07. The van der Waals surface area contributed by atoms with Gasteiger partial charge in [-0.25, -0.2) is 4.98 Å². The predicted molar refractivity (Wildman–Crippen MR) is 50.1 cm³/mol. The number of nitrogens with zero attached hydrogens (tertiary/aromatic N) is 1. The van der Waals surface area contributed by atoms with E-state index in [4.69, 9.17) is 10.5 Å². The van der Waals surface area contributed by atoms with Gasteiger partial charge in [0.2, 0.25) is 0 Å². The minimum atomic E-state index is 0.588. The molecule has 0 atom stereocenters. The maximum Gasteiger partial charge on any atom is 0.119 e. The topological polar surface area (TPSA) is 48.1 Å². The quantitative estimate of drug-likeness (QED) is 0.771. The second-order valence-corrected chi connectivity index (χ2v) is 3.64. The van der Waals surface area contributed by atoms with Crippen LogP contribution in [-0.4, -0.2) is 12.1 Å². The zero-order valence-corrected chi connectivity index (χ0v) is 8.28. The summed E-state index contributed by atoms with van der Waals surface area (Å²) in [4.78, 5) is 5.59. The van der Waals surface area contributed by atoms with Crippen LogP contribution < -0.4 is 5.73 Å². The van der Waals surface area contributed by atoms with Crippen LogP contribution in [0, 0.1) is 0 Å². The van der Waals surface area contributed by atoms with Crippen molar-refractivity contribution in [1.82, 2.24) is 4.98 Å². The summed E-state index contributed by atoms with van der Waals surface area (Å²) in [7, 11) is 1.68. The average Bonchev–Trinajstić information content (AvgIpc) is 2.48. The van der Waals surface area contributed by atoms with Crippen molar-refractivity contribution in [2.75, 3.05) is 7.11 Å². The number of hydrogen-bond acceptors (Lipinski definition) is 4. The zero-order valence-electron chi connectivity index (χ0n) is 7.46. The molecule has 0 bridgehead atoms. The Balaban J connectivity index is 2.81. The molecule has 1 rings (SSSR count). The van der Waals surface area contributed by atoms with Gasteiger partial charge in [0, 0.05) is 18.5 Å². The molecule has 1 aromatic rings. The Kier molecular flexibility index (Phi) is 3.65. The van der Waals surface area contributed by atoms with Crippen LogP contribution in [0.3, 0.4) is 0 Å². The molecule has 68 valence electrons. The molecule has 1 heterocycles. The van der Waals surface area contributed by atoms with Gasteiger partial charge in [-0.3, -0.25) is 0 Å². The summed E-state index contributed by atoms with van der Waals surface area (Å²) in [5.74, 6) is 0. The molecule has 0 aliphatic carbocycles. The van der Waals surface area contributed by atoms with E-state index in [1.807, 2.05) is 0 Å². The second kappa shape index (κ2) is 4.54. The highest BCUT2D eigenvalue weighted by atomic mass is 32.1. The molecule has 12 heavy (non-hydrogen) atoms. The van der Waals surface area contributed by atoms with E-state index in [9.17, 15) is 0 Å². The number of aryl methyl sites for hydroxylation is 1. The highest BCUT2D eigenvalue weighted by molar-refractivity contribution is 7.11. The molecule has 0 unspecified atom stereocenters. The van der Waals surface area contributed by atoms with Gasteiger partial charge in [0.15, 0.2) is 0 Å². The number of ether oxygens (including phenoxy) is 1. The summed E-state index contributed by atoms with van der Waals surface area (Å²) in [5, 5.41) is 1.02. The van der Waals surface area contributed by atoms with Crippen molar-refractivity contribution in [3.05, 3.63) is 15.6 Å². The summed E-state index contributed by atoms with van der Waals surface area (Å²) >= 11 is 1.65. The van der Waals surface area contributed by atoms with Gasteiger partial charge < -0.3 is 10.5 Å². The second-order valence-electron chi connectivity index (χ2n) is 2.47. The van der Waals surface area contributed by atoms with E-state index in [0.29, 0.717) is 13.2 Å². The summed E-state index contributed by atoms with van der Waals surface area (Å²) in [5.41, 5.74) is 6.69. The summed E-state index contributed by atoms with van der Waals surface area (Å²) in [6, 6.07) is 0. The summed E-state index contributed by atoms with van der Waals surface area (Å²) < 4.78 is 4.99. The van der Waals surface area contributed by atoms with Crippen LogP contribution in [0.2, 0.25) is 0 Å². The fraction of sp³-hybridized carbons (Fsp3) is 0.625. The van der Waals surface area contributed by atoms with Gasteiger partial charge in [-0.2, -0.15) is 0 Å². The highest BCUT2D eigenvalue weighted by Crippen LogP contribution is 2.18. The third-order valence-electron chi connectivity index (χ3n) is 1.61. The molecule has 0 aliphatic rings. The SMILES string of the molecule is CCc1nc(COC)sc1CN. The summed E-state index contributed by atoms with van der Waals surface area (Å²) in [6.07, 6.45) is 0.951. The van der Waals surface area contributed by atoms with Crippen molar-refractivity contribution in [2.45, 2.75) is 26.5 Å². The maximum atomic E-state index is 5.57. The molecular formula is C8H14N2OS. The molecule has 3 nitrogen and oxygen atoms in total. The Morgan fingerprint density at radius 1 is 1.58 bits per heavy atom. The van der Waals surface area contributed by atoms with Crippen molar-refractivity contribution in [2.24, 2.45) is 5.73 Å². The van der Waals surface area contributed by atoms with Crippen LogP contribution in [-0.2, 0) is 24.3 Å². The Bertz CT molecular complexity index is 226. The number of aromatic nitrogens is 1. The first-order valence-corrected chi connectivity index (χ1v) is 4.79. The normalized spacial score (nSPS) is 10.6. The number of nitrogens with two attached hydrogens (primary N) is 1. The lowest BCUT2D eigenvalue weighted by molar-refractivity contribution is 0.184. The van der Waals surface area contributed by atoms with E-state index < -0.39 is 0 Å². The van der Waals surface area contributed by atoms with Gasteiger partial charge in [0.05, 0.1) is 12.3 Å². The van der Waals surface area contributed by atoms with Gasteiger partial charge in [-0.1, -0.05) is 6.92 Å². The van der Waals surface area contributed by atoms with Crippen LogP contribution in [0.5, 0.6) is 0 Å². The minimum Gasteiger partial charge on any atom is -0.378 e. The van der Waals surface area contributed by atoms with E-state index in [1.54, 1.807) is 18.4 Å². The Morgan fingerprint density at radius 2 is 2.33 bits per heavy atom. The number of hydrogen-bond donors (Lipinski definition) is 1. The number of thiazole rings is 1. The smallest absolute Gasteiger partial charge is 0.119 e. The van der Waals surface area contributed by atoms with E-state index >= 15 is 0 Å². The maximum absolute atomic E-state index is 5.57. The molecule has 0 saturated carbocycles. The minimum absolute atomic E-state index is 0.588. The van der Waals surface area contributed by atoms with Crippen LogP contribution in [0.1, 0.15) is 22.5 Å². The zero-order chi connectivity index (χ0) is 8.97. The van der Waals surface area contributed by atoms with E-state index in [2.05, 4.69) is 11.9 Å². The molecule has 0 spiro atoms. The Morgan fingerprint density at radius 3 is 2.75 bits per heavy atom. The molecule has 4 heteroatoms. The Labute approximate surface area is 76.6 Å². The average molecular weight is 186 g/mol. The molecule has 1 aromatic heterocycles. The van der Waals surface area contributed by atoms with Crippen molar-refractivity contribution in [3.63, 3.8) is 0 Å². The van der Waals surface area contributed by atoms with Crippen molar-refractivity contribution in [3.8, 4) is 0 Å². The largest absolute Gasteiger partial charge is 0.378 e. The number of methoxy groups -OCH3 is 1. The lowest BCUT2D eigenvalue weighted by Gasteiger charge is -1.91. The molecule has 0 saturated heterocycles. The van der Waals surface area contributed by atoms with Gasteiger partial charge in [-0.15, -0.1) is 11.3 Å². The molecular weight excluding hydrogens is 172 g/mol. The van der Waals surface area contributed by atoms with Crippen molar-refractivity contribution in [1.29, 1.82) is 0 Å². The van der Waals surface area contributed by atoms with Crippen LogP contribution in [0.15, 0.2) is 0 Å². The highest BCUT2D eigenvalue weighted by Gasteiger charge is 2.07. The van der Waals surface area contributed by atoms with Crippen LogP contribution in [0.25, 0.3) is 0 Å². The lowest BCUT2D eigenvalue weighted by atomic mass is 10.3. The lowest BCUT2D eigenvalue weighted by Crippen LogP contribution is -1.96. The van der Waals surface area contributed by atoms with Gasteiger partial charge in [0.25, 0.3) is 0 Å². The van der Waals surface area contributed by atoms with E-state index in [0.717, 1.165) is 17.1 Å². The standard InChI is InChI=1S/C8H14N2OS/c1-3-6-7(4-9)12-8(10-6)5-11-2/h3-5,9H2,1-2H3. The molecule has 0 amide bonds. The first-order valence-electron chi connectivity index (χ1n) is 3.98. The Hall–Kier alpha value is -0.450. The monoisotopic (exact) mass is 186 g/mol. The van der Waals surface area contributed by atoms with Crippen molar-refractivity contribution < 1.29 is 4.74 Å². The third kappa shape index (κ3) is 2.03. The number of rotatable bonds is 4. The van der Waals surface area contributed by atoms with Gasteiger partial charge in [-0.05, 0) is 6.42 Å². The fourth-order valence-electron chi connectivity index (χ4n) is 1.06. The van der Waals surface area contributed by atoms with Gasteiger partial charge in [0.1, 0.15) is 5.01 Å². The van der Waals surface area contributed by atoms with E-state index in [1.165, 1.54) is 4.88 Å². The first-order chi connectivity index (χ1) is 5.81. The molecule has 0 aromatic carbocycles. The summed E-state index contributed by atoms with van der Waals surface area (Å²) in [6.45, 7) is 3.27. The molecule has 0 radical (unpaired) electrons. The molecule has 2 N–H and O–H groups in total. The van der Waals surface area contributed by atoms with Crippen LogP contribution >= 0.6 is 11.3 Å². The molecule has 0 fully saturated rings. The van der Waals surface area contributed by atoms with Gasteiger partial charge >= 0.3 is 0 Å². The third-order valence-corrected chi connectivity index (χ3v) is 2.70. The van der Waals surface area contributed by atoms with Crippen LogP contribution in [0.4, 0.5) is 0 Å². The van der Waals surface area contributed by atoms with E-state index in [-0.39, 0.29) is 0 Å². The predicted octanol–water partition coefficient (Wildman–Crippen LogP) is 1.31. The van der Waals surface area contributed by atoms with Crippen molar-refractivity contribution >= 4 is 11.3 Å². The molecule has 0 aliphatic heterocycles. The first kappa shape index (κ1) is 9.64.